The molecule has 120 valence electrons. The quantitative estimate of drug-likeness (QED) is 0.724. The monoisotopic (exact) mass is 355 g/mol. The molecule has 0 saturated carbocycles. The zero-order valence-electron chi connectivity index (χ0n) is 14.1. The fourth-order valence-corrected chi connectivity index (χ4v) is 3.15. The molecule has 0 aromatic heterocycles. The molecule has 21 heavy (non-hydrogen) atoms. The molecule has 1 rings (SSSR count). The van der Waals surface area contributed by atoms with Gasteiger partial charge in [0, 0.05) is 23.6 Å². The number of halogens is 1. The molecule has 1 N–H and O–H groups in total. The number of benzene rings is 1. The second kappa shape index (κ2) is 9.44. The van der Waals surface area contributed by atoms with Crippen molar-refractivity contribution in [3.63, 3.8) is 0 Å². The van der Waals surface area contributed by atoms with Crippen molar-refractivity contribution in [3.05, 3.63) is 28.2 Å². The first-order valence-electron chi connectivity index (χ1n) is 7.92. The van der Waals surface area contributed by atoms with E-state index in [0.717, 1.165) is 26.2 Å². The van der Waals surface area contributed by atoms with Crippen molar-refractivity contribution < 1.29 is 0 Å². The van der Waals surface area contributed by atoms with Gasteiger partial charge in [-0.25, -0.2) is 0 Å². The highest BCUT2D eigenvalue weighted by molar-refractivity contribution is 9.10. The Morgan fingerprint density at radius 3 is 2.43 bits per heavy atom. The van der Waals surface area contributed by atoms with Crippen LogP contribution in [0.2, 0.25) is 0 Å². The van der Waals surface area contributed by atoms with Crippen LogP contribution in [0.5, 0.6) is 0 Å². The first-order valence-corrected chi connectivity index (χ1v) is 8.71. The molecule has 0 bridgehead atoms. The average Bonchev–Trinajstić information content (AvgIpc) is 2.44. The maximum Gasteiger partial charge on any atom is 0.0510 e. The molecule has 0 amide bonds. The van der Waals surface area contributed by atoms with Crippen LogP contribution in [0.15, 0.2) is 22.7 Å². The molecule has 3 nitrogen and oxygen atoms in total. The largest absolute Gasteiger partial charge is 0.371 e. The summed E-state index contributed by atoms with van der Waals surface area (Å²) in [4.78, 5) is 4.68. The summed E-state index contributed by atoms with van der Waals surface area (Å²) in [5.74, 6) is 0. The Balaban J connectivity index is 2.76. The van der Waals surface area contributed by atoms with E-state index in [0.29, 0.717) is 6.04 Å². The third-order valence-corrected chi connectivity index (χ3v) is 4.37. The van der Waals surface area contributed by atoms with E-state index in [1.165, 1.54) is 22.1 Å². The maximum atomic E-state index is 3.75. The molecule has 1 unspecified atom stereocenters. The summed E-state index contributed by atoms with van der Waals surface area (Å²) in [5, 5.41) is 3.46. The Morgan fingerprint density at radius 2 is 1.90 bits per heavy atom. The predicted molar refractivity (Wildman–Crippen MR) is 97.3 cm³/mol. The van der Waals surface area contributed by atoms with E-state index in [9.17, 15) is 0 Å². The highest BCUT2D eigenvalue weighted by Crippen LogP contribution is 2.29. The van der Waals surface area contributed by atoms with Crippen molar-refractivity contribution in [3.8, 4) is 0 Å². The maximum absolute atomic E-state index is 3.75. The van der Waals surface area contributed by atoms with Crippen LogP contribution in [0.1, 0.15) is 38.8 Å². The number of rotatable bonds is 9. The van der Waals surface area contributed by atoms with Crippen LogP contribution in [0.3, 0.4) is 0 Å². The summed E-state index contributed by atoms with van der Waals surface area (Å²) in [6.07, 6.45) is 1.18. The van der Waals surface area contributed by atoms with Gasteiger partial charge >= 0.3 is 0 Å². The molecule has 0 aliphatic carbocycles. The minimum absolute atomic E-state index is 0.393. The molecule has 0 heterocycles. The van der Waals surface area contributed by atoms with Crippen molar-refractivity contribution in [2.24, 2.45) is 0 Å². The molecule has 0 aliphatic heterocycles. The van der Waals surface area contributed by atoms with Crippen molar-refractivity contribution in [1.82, 2.24) is 10.2 Å². The van der Waals surface area contributed by atoms with E-state index in [4.69, 9.17) is 0 Å². The SMILES string of the molecule is CCNC(C)c1ccc(N(CC)CCCN(C)C)c(Br)c1. The number of hydrogen-bond acceptors (Lipinski definition) is 3. The summed E-state index contributed by atoms with van der Waals surface area (Å²) < 4.78 is 1.19. The van der Waals surface area contributed by atoms with E-state index in [2.05, 4.69) is 84.1 Å². The summed E-state index contributed by atoms with van der Waals surface area (Å²) in [6.45, 7) is 10.8. The normalized spacial score (nSPS) is 12.7. The van der Waals surface area contributed by atoms with Crippen LogP contribution < -0.4 is 10.2 Å². The van der Waals surface area contributed by atoms with Gasteiger partial charge in [0.15, 0.2) is 0 Å². The van der Waals surface area contributed by atoms with E-state index in [1.807, 2.05) is 0 Å². The Morgan fingerprint density at radius 1 is 1.19 bits per heavy atom. The topological polar surface area (TPSA) is 18.5 Å². The molecule has 1 aromatic rings. The zero-order valence-corrected chi connectivity index (χ0v) is 15.7. The van der Waals surface area contributed by atoms with E-state index in [-0.39, 0.29) is 0 Å². The molecular formula is C17H30BrN3. The fraction of sp³-hybridized carbons (Fsp3) is 0.647. The molecule has 0 spiro atoms. The first kappa shape index (κ1) is 18.5. The van der Waals surface area contributed by atoms with Gasteiger partial charge in [-0.05, 0) is 81.1 Å². The molecule has 1 aromatic carbocycles. The number of hydrogen-bond donors (Lipinski definition) is 1. The summed E-state index contributed by atoms with van der Waals surface area (Å²) in [6, 6.07) is 7.12. The molecule has 0 aliphatic rings. The van der Waals surface area contributed by atoms with Gasteiger partial charge in [-0.15, -0.1) is 0 Å². The van der Waals surface area contributed by atoms with Crippen molar-refractivity contribution >= 4 is 21.6 Å². The highest BCUT2D eigenvalue weighted by atomic mass is 79.9. The van der Waals surface area contributed by atoms with Crippen molar-refractivity contribution in [2.45, 2.75) is 33.2 Å². The smallest absolute Gasteiger partial charge is 0.0510 e. The lowest BCUT2D eigenvalue weighted by Crippen LogP contribution is -2.27. The fourth-order valence-electron chi connectivity index (χ4n) is 2.50. The molecule has 0 radical (unpaired) electrons. The lowest BCUT2D eigenvalue weighted by atomic mass is 10.1. The Kier molecular flexibility index (Phi) is 8.30. The van der Waals surface area contributed by atoms with Gasteiger partial charge < -0.3 is 15.1 Å². The number of nitrogens with one attached hydrogen (secondary N) is 1. The Hall–Kier alpha value is -0.580. The van der Waals surface area contributed by atoms with Crippen LogP contribution >= 0.6 is 15.9 Å². The van der Waals surface area contributed by atoms with Crippen LogP contribution in [-0.2, 0) is 0 Å². The van der Waals surface area contributed by atoms with Crippen LogP contribution in [0.25, 0.3) is 0 Å². The average molecular weight is 356 g/mol. The van der Waals surface area contributed by atoms with Gasteiger partial charge in [0.1, 0.15) is 0 Å². The first-order chi connectivity index (χ1) is 9.99. The van der Waals surface area contributed by atoms with Crippen LogP contribution in [0.4, 0.5) is 5.69 Å². The standard InChI is InChI=1S/C17H30BrN3/c1-6-19-14(3)15-9-10-17(16(18)13-15)21(7-2)12-8-11-20(4)5/h9-10,13-14,19H,6-8,11-12H2,1-5H3. The Bertz CT molecular complexity index is 420. The summed E-state index contributed by atoms with van der Waals surface area (Å²) in [7, 11) is 4.26. The van der Waals surface area contributed by atoms with Crippen LogP contribution in [-0.4, -0.2) is 45.2 Å². The minimum atomic E-state index is 0.393. The summed E-state index contributed by atoms with van der Waals surface area (Å²) in [5.41, 5.74) is 2.63. The Labute approximate surface area is 138 Å². The van der Waals surface area contributed by atoms with E-state index >= 15 is 0 Å². The van der Waals surface area contributed by atoms with Gasteiger partial charge in [-0.3, -0.25) is 0 Å². The van der Waals surface area contributed by atoms with Gasteiger partial charge in [-0.2, -0.15) is 0 Å². The molecule has 0 saturated heterocycles. The third-order valence-electron chi connectivity index (χ3n) is 3.74. The van der Waals surface area contributed by atoms with E-state index < -0.39 is 0 Å². The van der Waals surface area contributed by atoms with Gasteiger partial charge in [0.2, 0.25) is 0 Å². The third kappa shape index (κ3) is 5.97. The van der Waals surface area contributed by atoms with E-state index in [1.54, 1.807) is 0 Å². The highest BCUT2D eigenvalue weighted by Gasteiger charge is 2.11. The molecular weight excluding hydrogens is 326 g/mol. The second-order valence-electron chi connectivity index (χ2n) is 5.73. The molecule has 4 heteroatoms. The zero-order chi connectivity index (χ0) is 15.8. The molecule has 1 atom stereocenters. The lowest BCUT2D eigenvalue weighted by Gasteiger charge is -2.26. The van der Waals surface area contributed by atoms with Gasteiger partial charge in [0.25, 0.3) is 0 Å². The van der Waals surface area contributed by atoms with Gasteiger partial charge in [-0.1, -0.05) is 13.0 Å². The predicted octanol–water partition coefficient (Wildman–Crippen LogP) is 3.90. The van der Waals surface area contributed by atoms with Crippen LogP contribution in [0, 0.1) is 0 Å². The minimum Gasteiger partial charge on any atom is -0.371 e. The summed E-state index contributed by atoms with van der Waals surface area (Å²) >= 11 is 3.75. The van der Waals surface area contributed by atoms with Gasteiger partial charge in [0.05, 0.1) is 5.69 Å². The van der Waals surface area contributed by atoms with Crippen molar-refractivity contribution in [1.29, 1.82) is 0 Å². The lowest BCUT2D eigenvalue weighted by molar-refractivity contribution is 0.400. The second-order valence-corrected chi connectivity index (χ2v) is 6.58. The number of anilines is 1. The molecule has 0 fully saturated rings. The van der Waals surface area contributed by atoms with Crippen molar-refractivity contribution in [2.75, 3.05) is 45.2 Å². The number of nitrogens with zero attached hydrogens (tertiary/aromatic N) is 2.